The average Bonchev–Trinajstić information content (AvgIpc) is 2.36. The Morgan fingerprint density at radius 3 is 3.00 bits per heavy atom. The van der Waals surface area contributed by atoms with Gasteiger partial charge in [0.2, 0.25) is 0 Å². The molecule has 100 valence electrons. The molecule has 4 heteroatoms. The zero-order valence-electron chi connectivity index (χ0n) is 11.1. The van der Waals surface area contributed by atoms with Gasteiger partial charge in [0.25, 0.3) is 0 Å². The highest BCUT2D eigenvalue weighted by Crippen LogP contribution is 2.41. The van der Waals surface area contributed by atoms with E-state index in [1.165, 1.54) is 6.07 Å². The molecule has 0 aliphatic carbocycles. The predicted molar refractivity (Wildman–Crippen MR) is 68.3 cm³/mol. The van der Waals surface area contributed by atoms with Crippen LogP contribution in [0.15, 0.2) is 18.2 Å². The van der Waals surface area contributed by atoms with Crippen molar-refractivity contribution in [2.45, 2.75) is 31.4 Å². The van der Waals surface area contributed by atoms with E-state index < -0.39 is 0 Å². The van der Waals surface area contributed by atoms with E-state index in [4.69, 9.17) is 9.47 Å². The van der Waals surface area contributed by atoms with E-state index in [9.17, 15) is 4.39 Å². The highest BCUT2D eigenvalue weighted by atomic mass is 19.1. The second-order valence-corrected chi connectivity index (χ2v) is 5.02. The standard InChI is InChI=1S/C14H20FNO2/c1-14(6-7-17-3)9-12(16-2)11-8-10(15)4-5-13(11)18-14/h4-5,8,12,16H,6-7,9H2,1-3H3. The molecule has 1 N–H and O–H groups in total. The number of rotatable bonds is 4. The average molecular weight is 253 g/mol. The summed E-state index contributed by atoms with van der Waals surface area (Å²) in [7, 11) is 3.58. The minimum absolute atomic E-state index is 0.117. The molecule has 3 nitrogen and oxygen atoms in total. The van der Waals surface area contributed by atoms with Gasteiger partial charge in [-0.25, -0.2) is 4.39 Å². The highest BCUT2D eigenvalue weighted by molar-refractivity contribution is 5.39. The third-order valence-corrected chi connectivity index (χ3v) is 3.52. The number of hydrogen-bond donors (Lipinski definition) is 1. The number of hydrogen-bond acceptors (Lipinski definition) is 3. The zero-order chi connectivity index (χ0) is 13.2. The van der Waals surface area contributed by atoms with Crippen LogP contribution in [0.5, 0.6) is 5.75 Å². The summed E-state index contributed by atoms with van der Waals surface area (Å²) in [5.41, 5.74) is 0.626. The molecule has 0 spiro atoms. The maximum atomic E-state index is 13.3. The van der Waals surface area contributed by atoms with Gasteiger partial charge in [-0.1, -0.05) is 0 Å². The Bertz CT molecular complexity index is 424. The van der Waals surface area contributed by atoms with Crippen LogP contribution in [0.25, 0.3) is 0 Å². The first kappa shape index (κ1) is 13.3. The van der Waals surface area contributed by atoms with Crippen LogP contribution >= 0.6 is 0 Å². The third kappa shape index (κ3) is 2.65. The van der Waals surface area contributed by atoms with Crippen molar-refractivity contribution in [1.29, 1.82) is 0 Å². The fourth-order valence-corrected chi connectivity index (χ4v) is 2.46. The molecule has 0 saturated heterocycles. The van der Waals surface area contributed by atoms with E-state index >= 15 is 0 Å². The minimum Gasteiger partial charge on any atom is -0.487 e. The minimum atomic E-state index is -0.269. The van der Waals surface area contributed by atoms with Gasteiger partial charge >= 0.3 is 0 Å². The van der Waals surface area contributed by atoms with Crippen LogP contribution in [0.4, 0.5) is 4.39 Å². The van der Waals surface area contributed by atoms with Crippen LogP contribution in [0, 0.1) is 5.82 Å². The molecule has 18 heavy (non-hydrogen) atoms. The van der Waals surface area contributed by atoms with E-state index in [-0.39, 0.29) is 17.5 Å². The molecule has 2 rings (SSSR count). The van der Waals surface area contributed by atoms with Crippen LogP contribution in [-0.2, 0) is 4.74 Å². The molecular formula is C14H20FNO2. The van der Waals surface area contributed by atoms with Gasteiger partial charge in [0.1, 0.15) is 17.2 Å². The van der Waals surface area contributed by atoms with Crippen molar-refractivity contribution in [3.63, 3.8) is 0 Å². The monoisotopic (exact) mass is 253 g/mol. The summed E-state index contributed by atoms with van der Waals surface area (Å²) in [6, 6.07) is 4.81. The molecule has 1 heterocycles. The smallest absolute Gasteiger partial charge is 0.125 e. The van der Waals surface area contributed by atoms with E-state index in [2.05, 4.69) is 12.2 Å². The Labute approximate surface area is 107 Å². The van der Waals surface area contributed by atoms with E-state index in [0.29, 0.717) is 6.61 Å². The second-order valence-electron chi connectivity index (χ2n) is 5.02. The van der Waals surface area contributed by atoms with Crippen molar-refractivity contribution in [2.75, 3.05) is 20.8 Å². The molecule has 0 radical (unpaired) electrons. The molecule has 0 amide bonds. The van der Waals surface area contributed by atoms with Crippen LogP contribution in [-0.4, -0.2) is 26.4 Å². The lowest BCUT2D eigenvalue weighted by Crippen LogP contribution is -2.42. The number of ether oxygens (including phenoxy) is 2. The Balaban J connectivity index is 2.27. The summed E-state index contributed by atoms with van der Waals surface area (Å²) in [4.78, 5) is 0. The molecular weight excluding hydrogens is 233 g/mol. The van der Waals surface area contributed by atoms with Crippen LogP contribution in [0.2, 0.25) is 0 Å². The Morgan fingerprint density at radius 1 is 1.56 bits per heavy atom. The second kappa shape index (κ2) is 5.24. The van der Waals surface area contributed by atoms with Crippen LogP contribution in [0.3, 0.4) is 0 Å². The number of halogens is 1. The highest BCUT2D eigenvalue weighted by Gasteiger charge is 2.36. The van der Waals surface area contributed by atoms with Gasteiger partial charge in [0.05, 0.1) is 0 Å². The lowest BCUT2D eigenvalue weighted by atomic mass is 9.86. The maximum Gasteiger partial charge on any atom is 0.125 e. The lowest BCUT2D eigenvalue weighted by Gasteiger charge is -2.40. The van der Waals surface area contributed by atoms with Gasteiger partial charge in [0, 0.05) is 38.2 Å². The topological polar surface area (TPSA) is 30.5 Å². The summed E-state index contributed by atoms with van der Waals surface area (Å²) < 4.78 is 24.4. The summed E-state index contributed by atoms with van der Waals surface area (Å²) in [5.74, 6) is 0.540. The molecule has 0 saturated carbocycles. The maximum absolute atomic E-state index is 13.3. The lowest BCUT2D eigenvalue weighted by molar-refractivity contribution is 0.0177. The molecule has 0 bridgehead atoms. The number of benzene rings is 1. The van der Waals surface area contributed by atoms with Gasteiger partial charge in [0.15, 0.2) is 0 Å². The van der Waals surface area contributed by atoms with Gasteiger partial charge in [-0.3, -0.25) is 0 Å². The van der Waals surface area contributed by atoms with Crippen molar-refractivity contribution in [3.8, 4) is 5.75 Å². The zero-order valence-corrected chi connectivity index (χ0v) is 11.1. The normalized spacial score (nSPS) is 26.6. The largest absolute Gasteiger partial charge is 0.487 e. The molecule has 2 atom stereocenters. The van der Waals surface area contributed by atoms with Crippen molar-refractivity contribution < 1.29 is 13.9 Å². The fourth-order valence-electron chi connectivity index (χ4n) is 2.46. The van der Waals surface area contributed by atoms with Crippen LogP contribution < -0.4 is 10.1 Å². The molecule has 1 aromatic rings. The van der Waals surface area contributed by atoms with E-state index in [0.717, 1.165) is 24.2 Å². The quantitative estimate of drug-likeness (QED) is 0.895. The molecule has 0 fully saturated rings. The van der Waals surface area contributed by atoms with E-state index in [1.807, 2.05) is 7.05 Å². The molecule has 0 aromatic heterocycles. The Hall–Kier alpha value is -1.13. The van der Waals surface area contributed by atoms with Gasteiger partial charge < -0.3 is 14.8 Å². The van der Waals surface area contributed by atoms with Crippen molar-refractivity contribution in [1.82, 2.24) is 5.32 Å². The van der Waals surface area contributed by atoms with Crippen molar-refractivity contribution in [3.05, 3.63) is 29.6 Å². The number of methoxy groups -OCH3 is 1. The van der Waals surface area contributed by atoms with Crippen molar-refractivity contribution >= 4 is 0 Å². The summed E-state index contributed by atoms with van der Waals surface area (Å²) >= 11 is 0. The van der Waals surface area contributed by atoms with Gasteiger partial charge in [-0.15, -0.1) is 0 Å². The summed E-state index contributed by atoms with van der Waals surface area (Å²) in [6.07, 6.45) is 1.63. The van der Waals surface area contributed by atoms with Crippen LogP contribution in [0.1, 0.15) is 31.4 Å². The number of fused-ring (bicyclic) bond motifs is 1. The van der Waals surface area contributed by atoms with E-state index in [1.54, 1.807) is 19.2 Å². The third-order valence-electron chi connectivity index (χ3n) is 3.52. The summed E-state index contributed by atoms with van der Waals surface area (Å²) in [6.45, 7) is 2.73. The summed E-state index contributed by atoms with van der Waals surface area (Å²) in [5, 5.41) is 3.23. The Kier molecular flexibility index (Phi) is 3.88. The SMILES string of the molecule is CNC1CC(C)(CCOC)Oc2ccc(F)cc21. The predicted octanol–water partition coefficient (Wildman–Crippen LogP) is 2.66. The molecule has 1 aliphatic rings. The molecule has 1 aliphatic heterocycles. The fraction of sp³-hybridized carbons (Fsp3) is 0.571. The first-order valence-corrected chi connectivity index (χ1v) is 6.22. The first-order chi connectivity index (χ1) is 8.58. The van der Waals surface area contributed by atoms with Crippen molar-refractivity contribution in [2.24, 2.45) is 0 Å². The molecule has 1 aromatic carbocycles. The van der Waals surface area contributed by atoms with Gasteiger partial charge in [-0.05, 0) is 32.2 Å². The Morgan fingerprint density at radius 2 is 2.33 bits per heavy atom. The molecule has 2 unspecified atom stereocenters. The van der Waals surface area contributed by atoms with Gasteiger partial charge in [-0.2, -0.15) is 0 Å². The first-order valence-electron chi connectivity index (χ1n) is 6.22. The number of nitrogens with one attached hydrogen (secondary N) is 1.